The van der Waals surface area contributed by atoms with Crippen molar-refractivity contribution in [3.8, 4) is 11.5 Å². The predicted octanol–water partition coefficient (Wildman–Crippen LogP) is 3.67. The topological polar surface area (TPSA) is 85.9 Å². The maximum Gasteiger partial charge on any atom is 0.338 e. The molecule has 3 rings (SSSR count). The second-order valence-corrected chi connectivity index (χ2v) is 7.28. The molecule has 2 amide bonds. The van der Waals surface area contributed by atoms with Crippen LogP contribution >= 0.6 is 0 Å². The van der Waals surface area contributed by atoms with E-state index in [2.05, 4.69) is 24.5 Å². The Hall–Kier alpha value is -3.48. The minimum atomic E-state index is -0.730. The van der Waals surface area contributed by atoms with Gasteiger partial charge in [0.15, 0.2) is 0 Å². The van der Waals surface area contributed by atoms with Crippen LogP contribution in [-0.4, -0.2) is 32.8 Å². The highest BCUT2D eigenvalue weighted by atomic mass is 16.5. The summed E-state index contributed by atoms with van der Waals surface area (Å²) in [5.41, 5.74) is 2.02. The molecule has 0 fully saturated rings. The molecule has 0 aliphatic carbocycles. The van der Waals surface area contributed by atoms with E-state index in [9.17, 15) is 9.59 Å². The van der Waals surface area contributed by atoms with E-state index in [1.807, 2.05) is 24.3 Å². The molecule has 0 spiro atoms. The first-order valence-electron chi connectivity index (χ1n) is 9.70. The zero-order chi connectivity index (χ0) is 21.7. The van der Waals surface area contributed by atoms with E-state index in [1.54, 1.807) is 31.4 Å². The van der Waals surface area contributed by atoms with Crippen LogP contribution in [0.1, 0.15) is 31.0 Å². The molecule has 2 aromatic carbocycles. The van der Waals surface area contributed by atoms with Gasteiger partial charge in [-0.05, 0) is 41.8 Å². The van der Waals surface area contributed by atoms with E-state index >= 15 is 0 Å². The van der Waals surface area contributed by atoms with E-state index in [-0.39, 0.29) is 0 Å². The van der Waals surface area contributed by atoms with Crippen LogP contribution in [0.2, 0.25) is 0 Å². The van der Waals surface area contributed by atoms with E-state index in [4.69, 9.17) is 14.2 Å². The van der Waals surface area contributed by atoms with Gasteiger partial charge in [-0.1, -0.05) is 32.0 Å². The van der Waals surface area contributed by atoms with Gasteiger partial charge in [0, 0.05) is 5.56 Å². The summed E-state index contributed by atoms with van der Waals surface area (Å²) < 4.78 is 16.2. The van der Waals surface area contributed by atoms with Crippen LogP contribution in [0.4, 0.5) is 4.79 Å². The number of benzene rings is 2. The van der Waals surface area contributed by atoms with Crippen LogP contribution in [0.5, 0.6) is 11.5 Å². The first-order valence-corrected chi connectivity index (χ1v) is 9.70. The molecule has 0 radical (unpaired) electrons. The van der Waals surface area contributed by atoms with Gasteiger partial charge in [-0.15, -0.1) is 0 Å². The molecule has 0 saturated heterocycles. The quantitative estimate of drug-likeness (QED) is 0.681. The van der Waals surface area contributed by atoms with Gasteiger partial charge < -0.3 is 24.8 Å². The van der Waals surface area contributed by atoms with Crippen molar-refractivity contribution in [2.24, 2.45) is 5.92 Å². The molecule has 1 aliphatic heterocycles. The van der Waals surface area contributed by atoms with Crippen molar-refractivity contribution in [1.29, 1.82) is 0 Å². The second-order valence-electron chi connectivity index (χ2n) is 7.28. The Morgan fingerprint density at radius 3 is 2.40 bits per heavy atom. The average molecular weight is 410 g/mol. The minimum absolute atomic E-state index is 0.294. The summed E-state index contributed by atoms with van der Waals surface area (Å²) in [6, 6.07) is 13.3. The minimum Gasteiger partial charge on any atom is -0.497 e. The first-order chi connectivity index (χ1) is 14.4. The van der Waals surface area contributed by atoms with Crippen molar-refractivity contribution in [3.63, 3.8) is 0 Å². The highest BCUT2D eigenvalue weighted by Crippen LogP contribution is 2.36. The van der Waals surface area contributed by atoms with Crippen LogP contribution in [0.3, 0.4) is 0 Å². The van der Waals surface area contributed by atoms with Crippen molar-refractivity contribution >= 4 is 17.7 Å². The number of ether oxygens (including phenoxy) is 3. The highest BCUT2D eigenvalue weighted by Gasteiger charge is 2.35. The van der Waals surface area contributed by atoms with Gasteiger partial charge in [0.25, 0.3) is 0 Å². The van der Waals surface area contributed by atoms with Crippen LogP contribution in [-0.2, 0) is 9.53 Å². The third-order valence-electron chi connectivity index (χ3n) is 4.66. The number of hydrogen-bond donors (Lipinski definition) is 2. The molecule has 7 heteroatoms. The summed E-state index contributed by atoms with van der Waals surface area (Å²) in [4.78, 5) is 25.3. The van der Waals surface area contributed by atoms with Crippen molar-refractivity contribution in [1.82, 2.24) is 10.6 Å². The number of carbonyl (C=O) groups is 2. The molecule has 158 valence electrons. The molecule has 1 heterocycles. The van der Waals surface area contributed by atoms with Gasteiger partial charge in [-0.3, -0.25) is 0 Å². The fourth-order valence-corrected chi connectivity index (χ4v) is 3.22. The average Bonchev–Trinajstić information content (AvgIpc) is 2.76. The Bertz CT molecular complexity index is 950. The number of esters is 1. The number of methoxy groups -OCH3 is 2. The van der Waals surface area contributed by atoms with E-state index < -0.39 is 18.0 Å². The zero-order valence-corrected chi connectivity index (χ0v) is 17.5. The largest absolute Gasteiger partial charge is 0.497 e. The summed E-state index contributed by atoms with van der Waals surface area (Å²) in [5.74, 6) is 1.06. The van der Waals surface area contributed by atoms with Crippen molar-refractivity contribution in [3.05, 3.63) is 65.2 Å². The Kier molecular flexibility index (Phi) is 6.61. The SMILES string of the molecule is COC(=O)C1=C(c2ccc(OC)cc2)NC(=O)NC1c1ccccc1OCC(C)C. The van der Waals surface area contributed by atoms with Crippen molar-refractivity contribution in [2.45, 2.75) is 19.9 Å². The lowest BCUT2D eigenvalue weighted by Gasteiger charge is -2.30. The number of rotatable bonds is 7. The predicted molar refractivity (Wildman–Crippen MR) is 113 cm³/mol. The molecular formula is C23H26N2O5. The maximum absolute atomic E-state index is 12.8. The summed E-state index contributed by atoms with van der Waals surface area (Å²) in [6.45, 7) is 4.62. The normalized spacial score (nSPS) is 16.0. The smallest absolute Gasteiger partial charge is 0.338 e. The fourth-order valence-electron chi connectivity index (χ4n) is 3.22. The highest BCUT2D eigenvalue weighted by molar-refractivity contribution is 6.04. The van der Waals surface area contributed by atoms with Crippen LogP contribution in [0.25, 0.3) is 5.70 Å². The van der Waals surface area contributed by atoms with Crippen molar-refractivity contribution < 1.29 is 23.8 Å². The van der Waals surface area contributed by atoms with Crippen molar-refractivity contribution in [2.75, 3.05) is 20.8 Å². The zero-order valence-electron chi connectivity index (χ0n) is 17.5. The molecule has 2 aromatic rings. The monoisotopic (exact) mass is 410 g/mol. The second kappa shape index (κ2) is 9.35. The Balaban J connectivity index is 2.13. The molecule has 7 nitrogen and oxygen atoms in total. The number of carbonyl (C=O) groups excluding carboxylic acids is 2. The molecule has 1 unspecified atom stereocenters. The summed E-state index contributed by atoms with van der Waals surface area (Å²) in [7, 11) is 2.89. The van der Waals surface area contributed by atoms with Gasteiger partial charge in [0.05, 0.1) is 38.1 Å². The lowest BCUT2D eigenvalue weighted by Crippen LogP contribution is -2.45. The van der Waals surface area contributed by atoms with Crippen LogP contribution < -0.4 is 20.1 Å². The maximum atomic E-state index is 12.8. The third-order valence-corrected chi connectivity index (χ3v) is 4.66. The number of para-hydroxylation sites is 1. The van der Waals surface area contributed by atoms with Gasteiger partial charge in [-0.2, -0.15) is 0 Å². The number of nitrogens with one attached hydrogen (secondary N) is 2. The molecule has 30 heavy (non-hydrogen) atoms. The fraction of sp³-hybridized carbons (Fsp3) is 0.304. The lowest BCUT2D eigenvalue weighted by atomic mass is 9.92. The molecule has 1 aliphatic rings. The van der Waals surface area contributed by atoms with Crippen LogP contribution in [0, 0.1) is 5.92 Å². The number of urea groups is 1. The third kappa shape index (κ3) is 4.56. The molecule has 2 N–H and O–H groups in total. The molecule has 0 bridgehead atoms. The van der Waals surface area contributed by atoms with E-state index in [1.165, 1.54) is 7.11 Å². The number of hydrogen-bond acceptors (Lipinski definition) is 5. The van der Waals surface area contributed by atoms with Gasteiger partial charge in [0.1, 0.15) is 11.5 Å². The summed E-state index contributed by atoms with van der Waals surface area (Å²) in [6.07, 6.45) is 0. The summed E-state index contributed by atoms with van der Waals surface area (Å²) >= 11 is 0. The van der Waals surface area contributed by atoms with Gasteiger partial charge in [0.2, 0.25) is 0 Å². The van der Waals surface area contributed by atoms with Gasteiger partial charge in [-0.25, -0.2) is 9.59 Å². The molecule has 0 aromatic heterocycles. The molecule has 1 atom stereocenters. The molecular weight excluding hydrogens is 384 g/mol. The number of amides is 2. The first kappa shape index (κ1) is 21.2. The standard InChI is InChI=1S/C23H26N2O5/c1-14(2)13-30-18-8-6-5-7-17(18)21-19(22(26)29-4)20(24-23(27)25-21)15-9-11-16(28-3)12-10-15/h5-12,14,21H,13H2,1-4H3,(H2,24,25,27). The van der Waals surface area contributed by atoms with E-state index in [0.29, 0.717) is 46.4 Å². The van der Waals surface area contributed by atoms with Gasteiger partial charge >= 0.3 is 12.0 Å². The van der Waals surface area contributed by atoms with Crippen LogP contribution in [0.15, 0.2) is 54.1 Å². The Labute approximate surface area is 176 Å². The molecule has 0 saturated carbocycles. The van der Waals surface area contributed by atoms with E-state index in [0.717, 1.165) is 0 Å². The Morgan fingerprint density at radius 1 is 1.07 bits per heavy atom. The lowest BCUT2D eigenvalue weighted by molar-refractivity contribution is -0.136. The summed E-state index contributed by atoms with van der Waals surface area (Å²) in [5, 5.41) is 5.59. The Morgan fingerprint density at radius 2 is 1.77 bits per heavy atom.